The van der Waals surface area contributed by atoms with Crippen molar-refractivity contribution in [2.45, 2.75) is 36.3 Å². The maximum atomic E-state index is 13.9. The molecular formula is C13H15ClFNO4S. The molecule has 1 aliphatic rings. The Morgan fingerprint density at radius 2 is 2.14 bits per heavy atom. The van der Waals surface area contributed by atoms with Crippen LogP contribution in [-0.2, 0) is 13.8 Å². The zero-order valence-electron chi connectivity index (χ0n) is 11.3. The van der Waals surface area contributed by atoms with Crippen molar-refractivity contribution in [2.75, 3.05) is 7.11 Å². The van der Waals surface area contributed by atoms with Gasteiger partial charge in [0.15, 0.2) is 0 Å². The lowest BCUT2D eigenvalue weighted by Crippen LogP contribution is -2.41. The van der Waals surface area contributed by atoms with Crippen molar-refractivity contribution in [3.63, 3.8) is 0 Å². The van der Waals surface area contributed by atoms with Crippen LogP contribution in [0.15, 0.2) is 23.1 Å². The maximum Gasteiger partial charge on any atom is 0.261 e. The van der Waals surface area contributed by atoms with Gasteiger partial charge in [-0.3, -0.25) is 4.79 Å². The molecule has 0 aliphatic heterocycles. The summed E-state index contributed by atoms with van der Waals surface area (Å²) in [5.74, 6) is -1.53. The first-order chi connectivity index (χ1) is 9.82. The molecule has 2 unspecified atom stereocenters. The minimum Gasteiger partial charge on any atom is -0.379 e. The fraction of sp³-hybridized carbons (Fsp3) is 0.462. The van der Waals surface area contributed by atoms with E-state index in [4.69, 9.17) is 15.4 Å². The Hall–Kier alpha value is -1.18. The summed E-state index contributed by atoms with van der Waals surface area (Å²) in [6.45, 7) is 0. The summed E-state index contributed by atoms with van der Waals surface area (Å²) in [4.78, 5) is 11.7. The Morgan fingerprint density at radius 3 is 2.71 bits per heavy atom. The van der Waals surface area contributed by atoms with Crippen LogP contribution in [0.1, 0.15) is 29.6 Å². The van der Waals surface area contributed by atoms with Gasteiger partial charge >= 0.3 is 0 Å². The first-order valence-electron chi connectivity index (χ1n) is 6.41. The van der Waals surface area contributed by atoms with E-state index in [0.29, 0.717) is 0 Å². The van der Waals surface area contributed by atoms with Gasteiger partial charge in [0.1, 0.15) is 5.82 Å². The molecule has 1 amide bonds. The number of methoxy groups -OCH3 is 1. The quantitative estimate of drug-likeness (QED) is 0.855. The van der Waals surface area contributed by atoms with Crippen LogP contribution >= 0.6 is 10.7 Å². The second kappa shape index (κ2) is 6.29. The van der Waals surface area contributed by atoms with Crippen molar-refractivity contribution in [3.8, 4) is 0 Å². The van der Waals surface area contributed by atoms with Crippen molar-refractivity contribution >= 4 is 25.6 Å². The zero-order chi connectivity index (χ0) is 15.6. The average Bonchev–Trinajstić information content (AvgIpc) is 2.84. The molecule has 5 nitrogen and oxygen atoms in total. The highest BCUT2D eigenvalue weighted by Gasteiger charge is 2.29. The molecule has 1 aromatic rings. The summed E-state index contributed by atoms with van der Waals surface area (Å²) in [7, 11) is 2.67. The van der Waals surface area contributed by atoms with Gasteiger partial charge in [-0.25, -0.2) is 12.8 Å². The fourth-order valence-electron chi connectivity index (χ4n) is 2.45. The number of rotatable bonds is 4. The van der Waals surface area contributed by atoms with Crippen molar-refractivity contribution < 1.29 is 22.3 Å². The summed E-state index contributed by atoms with van der Waals surface area (Å²) in [6.07, 6.45) is 2.45. The van der Waals surface area contributed by atoms with E-state index >= 15 is 0 Å². The van der Waals surface area contributed by atoms with Crippen LogP contribution in [0.3, 0.4) is 0 Å². The van der Waals surface area contributed by atoms with Crippen molar-refractivity contribution in [1.29, 1.82) is 0 Å². The number of carbonyl (C=O) groups excluding carboxylic acids is 1. The Bertz CT molecular complexity index is 650. The molecule has 8 heteroatoms. The van der Waals surface area contributed by atoms with Gasteiger partial charge in [-0.15, -0.1) is 0 Å². The summed E-state index contributed by atoms with van der Waals surface area (Å²) in [5.41, 5.74) is -0.221. The third-order valence-corrected chi connectivity index (χ3v) is 4.89. The first-order valence-corrected chi connectivity index (χ1v) is 8.71. The van der Waals surface area contributed by atoms with Crippen LogP contribution < -0.4 is 5.32 Å². The van der Waals surface area contributed by atoms with Gasteiger partial charge in [-0.1, -0.05) is 0 Å². The van der Waals surface area contributed by atoms with E-state index in [2.05, 4.69) is 5.32 Å². The standard InChI is InChI=1S/C13H15ClFNO4S/c1-20-12-4-2-3-11(12)16-13(17)9-6-5-8(7-10(9)15)21(14,18)19/h5-7,11-12H,2-4H2,1H3,(H,16,17). The number of benzene rings is 1. The van der Waals surface area contributed by atoms with Gasteiger partial charge in [0.25, 0.3) is 15.0 Å². The molecule has 0 radical (unpaired) electrons. The molecule has 0 saturated heterocycles. The van der Waals surface area contributed by atoms with E-state index in [-0.39, 0.29) is 22.6 Å². The third-order valence-electron chi connectivity index (χ3n) is 3.54. The maximum absolute atomic E-state index is 13.9. The highest BCUT2D eigenvalue weighted by molar-refractivity contribution is 8.13. The Kier molecular flexibility index (Phi) is 4.85. The minimum atomic E-state index is -4.02. The predicted molar refractivity (Wildman–Crippen MR) is 75.3 cm³/mol. The van der Waals surface area contributed by atoms with Gasteiger partial charge in [0.05, 0.1) is 22.6 Å². The molecule has 0 heterocycles. The highest BCUT2D eigenvalue weighted by atomic mass is 35.7. The summed E-state index contributed by atoms with van der Waals surface area (Å²) < 4.78 is 41.3. The lowest BCUT2D eigenvalue weighted by Gasteiger charge is -2.19. The second-order valence-corrected chi connectivity index (χ2v) is 7.43. The van der Waals surface area contributed by atoms with Crippen LogP contribution in [0.5, 0.6) is 0 Å². The normalized spacial score (nSPS) is 22.2. The monoisotopic (exact) mass is 335 g/mol. The Morgan fingerprint density at radius 1 is 1.43 bits per heavy atom. The van der Waals surface area contributed by atoms with Gasteiger partial charge in [0.2, 0.25) is 0 Å². The highest BCUT2D eigenvalue weighted by Crippen LogP contribution is 2.23. The van der Waals surface area contributed by atoms with Gasteiger partial charge in [-0.2, -0.15) is 0 Å². The molecule has 0 aromatic heterocycles. The van der Waals surface area contributed by atoms with E-state index in [0.717, 1.165) is 37.5 Å². The number of hydrogen-bond donors (Lipinski definition) is 1. The molecule has 0 spiro atoms. The number of carbonyl (C=O) groups is 1. The molecule has 1 fully saturated rings. The largest absolute Gasteiger partial charge is 0.379 e. The molecular weight excluding hydrogens is 321 g/mol. The second-order valence-electron chi connectivity index (χ2n) is 4.86. The van der Waals surface area contributed by atoms with Crippen LogP contribution in [0.4, 0.5) is 4.39 Å². The molecule has 0 bridgehead atoms. The number of ether oxygens (including phenoxy) is 1. The van der Waals surface area contributed by atoms with Gasteiger partial charge < -0.3 is 10.1 Å². The smallest absolute Gasteiger partial charge is 0.261 e. The van der Waals surface area contributed by atoms with Crippen molar-refractivity contribution in [3.05, 3.63) is 29.6 Å². The Balaban J connectivity index is 2.16. The van der Waals surface area contributed by atoms with Gasteiger partial charge in [0, 0.05) is 17.8 Å². The first kappa shape index (κ1) is 16.2. The number of nitrogens with one attached hydrogen (secondary N) is 1. The molecule has 2 atom stereocenters. The lowest BCUT2D eigenvalue weighted by molar-refractivity contribution is 0.0720. The molecule has 21 heavy (non-hydrogen) atoms. The van der Waals surface area contributed by atoms with Crippen LogP contribution in [-0.4, -0.2) is 33.6 Å². The summed E-state index contributed by atoms with van der Waals surface area (Å²) >= 11 is 0. The van der Waals surface area contributed by atoms with Crippen LogP contribution in [0, 0.1) is 5.82 Å². The van der Waals surface area contributed by atoms with Crippen molar-refractivity contribution in [2.24, 2.45) is 0 Å². The zero-order valence-corrected chi connectivity index (χ0v) is 12.9. The molecule has 1 saturated carbocycles. The number of halogens is 2. The average molecular weight is 336 g/mol. The SMILES string of the molecule is COC1CCCC1NC(=O)c1ccc(S(=O)(=O)Cl)cc1F. The number of hydrogen-bond acceptors (Lipinski definition) is 4. The fourth-order valence-corrected chi connectivity index (χ4v) is 3.21. The topological polar surface area (TPSA) is 72.5 Å². The molecule has 1 aromatic carbocycles. The van der Waals surface area contributed by atoms with Crippen LogP contribution in [0.2, 0.25) is 0 Å². The summed E-state index contributed by atoms with van der Waals surface area (Å²) in [6, 6.07) is 2.78. The van der Waals surface area contributed by atoms with E-state index in [1.54, 1.807) is 7.11 Å². The molecule has 2 rings (SSSR count). The summed E-state index contributed by atoms with van der Waals surface area (Å²) in [5, 5.41) is 2.71. The van der Waals surface area contributed by atoms with E-state index < -0.39 is 20.8 Å². The lowest BCUT2D eigenvalue weighted by atomic mass is 10.1. The molecule has 116 valence electrons. The minimum absolute atomic E-state index is 0.0838. The van der Waals surface area contributed by atoms with Crippen molar-refractivity contribution in [1.82, 2.24) is 5.32 Å². The van der Waals surface area contributed by atoms with Crippen LogP contribution in [0.25, 0.3) is 0 Å². The third kappa shape index (κ3) is 3.72. The van der Waals surface area contributed by atoms with E-state index in [9.17, 15) is 17.6 Å². The number of amides is 1. The van der Waals surface area contributed by atoms with E-state index in [1.165, 1.54) is 0 Å². The molecule has 1 N–H and O–H groups in total. The van der Waals surface area contributed by atoms with Gasteiger partial charge in [-0.05, 0) is 37.5 Å². The van der Waals surface area contributed by atoms with E-state index in [1.807, 2.05) is 0 Å². The Labute approximate surface area is 126 Å². The predicted octanol–water partition coefficient (Wildman–Crippen LogP) is 2.05. The molecule has 1 aliphatic carbocycles.